The van der Waals surface area contributed by atoms with Gasteiger partial charge in [0, 0.05) is 22.7 Å². The highest BCUT2D eigenvalue weighted by Gasteiger charge is 2.12. The Hall–Kier alpha value is -3.19. The van der Waals surface area contributed by atoms with Crippen LogP contribution < -0.4 is 5.43 Å². The lowest BCUT2D eigenvalue weighted by molar-refractivity contribution is -0.385. The Morgan fingerprint density at radius 3 is 2.67 bits per heavy atom. The Labute approximate surface area is 164 Å². The van der Waals surface area contributed by atoms with Crippen molar-refractivity contribution < 1.29 is 10.0 Å². The molecule has 0 aromatic heterocycles. The fourth-order valence-corrected chi connectivity index (χ4v) is 3.20. The second-order valence-corrected chi connectivity index (χ2v) is 6.76. The number of hydrogen-bond acceptors (Lipinski definition) is 5. The molecule has 0 aliphatic carbocycles. The number of allylic oxidation sites excluding steroid dienone is 1. The summed E-state index contributed by atoms with van der Waals surface area (Å²) in [6.07, 6.45) is 2.06. The summed E-state index contributed by atoms with van der Waals surface area (Å²) in [6, 6.07) is 16.2. The van der Waals surface area contributed by atoms with E-state index in [9.17, 15) is 15.2 Å². The van der Waals surface area contributed by atoms with Gasteiger partial charge in [-0.15, -0.1) is 0 Å². The Morgan fingerprint density at radius 1 is 1.22 bits per heavy atom. The maximum Gasteiger partial charge on any atom is 0.310 e. The van der Waals surface area contributed by atoms with Gasteiger partial charge in [0.05, 0.1) is 11.1 Å². The van der Waals surface area contributed by atoms with E-state index in [0.717, 1.165) is 20.8 Å². The first-order valence-corrected chi connectivity index (χ1v) is 8.85. The molecule has 0 atom stereocenters. The zero-order valence-corrected chi connectivity index (χ0v) is 15.8. The lowest BCUT2D eigenvalue weighted by Gasteiger charge is -2.10. The van der Waals surface area contributed by atoms with Gasteiger partial charge in [0.1, 0.15) is 0 Å². The molecule has 27 heavy (non-hydrogen) atoms. The molecule has 0 amide bonds. The number of hydrazone groups is 1. The lowest BCUT2D eigenvalue weighted by Crippen LogP contribution is -2.07. The minimum absolute atomic E-state index is 0.341. The standard InChI is InChI=1S/C20H16BrN3O3/c1-13(10-15-7-8-18(21)17-5-3-2-4-16(15)17)23-22-12-14-6-9-19(24(26)27)20(25)11-14/h2-9,11-12,23,25H,1,10H2/b22-12+. The van der Waals surface area contributed by atoms with E-state index in [2.05, 4.69) is 45.2 Å². The average molecular weight is 426 g/mol. The molecule has 0 unspecified atom stereocenters. The van der Waals surface area contributed by atoms with Crippen molar-refractivity contribution in [1.29, 1.82) is 0 Å². The summed E-state index contributed by atoms with van der Waals surface area (Å²) in [5.74, 6) is -0.399. The van der Waals surface area contributed by atoms with Gasteiger partial charge >= 0.3 is 5.69 Å². The third-order valence-corrected chi connectivity index (χ3v) is 4.69. The fourth-order valence-electron chi connectivity index (χ4n) is 2.72. The molecule has 3 rings (SSSR count). The highest BCUT2D eigenvalue weighted by atomic mass is 79.9. The number of nitro benzene ring substituents is 1. The summed E-state index contributed by atoms with van der Waals surface area (Å²) in [6.45, 7) is 3.99. The molecule has 136 valence electrons. The molecule has 2 N–H and O–H groups in total. The molecule has 3 aromatic carbocycles. The van der Waals surface area contributed by atoms with Crippen molar-refractivity contribution in [3.05, 3.63) is 92.6 Å². The van der Waals surface area contributed by atoms with Crippen LogP contribution in [0.5, 0.6) is 5.75 Å². The number of halogens is 1. The summed E-state index contributed by atoms with van der Waals surface area (Å²) in [5.41, 5.74) is 4.88. The highest BCUT2D eigenvalue weighted by molar-refractivity contribution is 9.10. The first-order valence-electron chi connectivity index (χ1n) is 8.06. The van der Waals surface area contributed by atoms with E-state index in [-0.39, 0.29) is 5.69 Å². The molecule has 0 radical (unpaired) electrons. The van der Waals surface area contributed by atoms with Crippen LogP contribution in [-0.2, 0) is 6.42 Å². The van der Waals surface area contributed by atoms with Gasteiger partial charge in [0.25, 0.3) is 0 Å². The van der Waals surface area contributed by atoms with Gasteiger partial charge in [0.15, 0.2) is 5.75 Å². The van der Waals surface area contributed by atoms with Crippen molar-refractivity contribution in [2.24, 2.45) is 5.10 Å². The van der Waals surface area contributed by atoms with Crippen LogP contribution >= 0.6 is 15.9 Å². The molecule has 7 heteroatoms. The molecule has 0 fully saturated rings. The minimum Gasteiger partial charge on any atom is -0.502 e. The zero-order chi connectivity index (χ0) is 19.4. The number of benzene rings is 3. The highest BCUT2D eigenvalue weighted by Crippen LogP contribution is 2.28. The van der Waals surface area contributed by atoms with Crippen LogP contribution in [-0.4, -0.2) is 16.2 Å². The van der Waals surface area contributed by atoms with Gasteiger partial charge in [-0.3, -0.25) is 15.5 Å². The van der Waals surface area contributed by atoms with Crippen molar-refractivity contribution in [1.82, 2.24) is 5.43 Å². The maximum atomic E-state index is 10.7. The van der Waals surface area contributed by atoms with Gasteiger partial charge in [-0.25, -0.2) is 0 Å². The Morgan fingerprint density at radius 2 is 1.96 bits per heavy atom. The SMILES string of the molecule is C=C(Cc1ccc(Br)c2ccccc12)N/N=C/c1ccc([N+](=O)[O-])c(O)c1. The van der Waals surface area contributed by atoms with Crippen LogP contribution in [0.25, 0.3) is 10.8 Å². The van der Waals surface area contributed by atoms with Crippen molar-refractivity contribution in [2.75, 3.05) is 0 Å². The Bertz CT molecular complexity index is 1060. The zero-order valence-electron chi connectivity index (χ0n) is 14.2. The molecular weight excluding hydrogens is 410 g/mol. The topological polar surface area (TPSA) is 87.8 Å². The Balaban J connectivity index is 1.69. The van der Waals surface area contributed by atoms with E-state index in [1.165, 1.54) is 24.4 Å². The summed E-state index contributed by atoms with van der Waals surface area (Å²) >= 11 is 3.56. The third-order valence-electron chi connectivity index (χ3n) is 4.00. The smallest absolute Gasteiger partial charge is 0.310 e. The van der Waals surface area contributed by atoms with E-state index in [4.69, 9.17) is 0 Å². The molecule has 0 bridgehead atoms. The molecule has 0 heterocycles. The molecule has 3 aromatic rings. The molecule has 0 aliphatic heterocycles. The quantitative estimate of drug-likeness (QED) is 0.334. The number of aromatic hydroxyl groups is 1. The maximum absolute atomic E-state index is 10.7. The van der Waals surface area contributed by atoms with Gasteiger partial charge in [-0.1, -0.05) is 52.8 Å². The van der Waals surface area contributed by atoms with Gasteiger partial charge < -0.3 is 5.11 Å². The number of fused-ring (bicyclic) bond motifs is 1. The van der Waals surface area contributed by atoms with Crippen LogP contribution in [0, 0.1) is 10.1 Å². The van der Waals surface area contributed by atoms with Crippen LogP contribution in [0.2, 0.25) is 0 Å². The predicted molar refractivity (Wildman–Crippen MR) is 110 cm³/mol. The predicted octanol–water partition coefficient (Wildman–Crippen LogP) is 4.90. The first-order chi connectivity index (χ1) is 13.0. The number of nitrogens with one attached hydrogen (secondary N) is 1. The monoisotopic (exact) mass is 425 g/mol. The normalized spacial score (nSPS) is 11.0. The second kappa shape index (κ2) is 8.01. The number of phenolic OH excluding ortho intramolecular Hbond substituents is 1. The van der Waals surface area contributed by atoms with Crippen molar-refractivity contribution in [2.45, 2.75) is 6.42 Å². The van der Waals surface area contributed by atoms with Crippen LogP contribution in [0.3, 0.4) is 0 Å². The average Bonchev–Trinajstić information content (AvgIpc) is 2.64. The largest absolute Gasteiger partial charge is 0.502 e. The summed E-state index contributed by atoms with van der Waals surface area (Å²) in [7, 11) is 0. The van der Waals surface area contributed by atoms with Gasteiger partial charge in [0.2, 0.25) is 0 Å². The van der Waals surface area contributed by atoms with Crippen molar-refractivity contribution >= 4 is 38.6 Å². The minimum atomic E-state index is -0.640. The van der Waals surface area contributed by atoms with Crippen LogP contribution in [0.15, 0.2) is 76.4 Å². The summed E-state index contributed by atoms with van der Waals surface area (Å²) in [4.78, 5) is 10.1. The van der Waals surface area contributed by atoms with Crippen molar-refractivity contribution in [3.63, 3.8) is 0 Å². The molecule has 0 saturated heterocycles. The van der Waals surface area contributed by atoms with Gasteiger partial charge in [-0.2, -0.15) is 5.10 Å². The van der Waals surface area contributed by atoms with E-state index in [0.29, 0.717) is 17.7 Å². The number of rotatable bonds is 6. The fraction of sp³-hybridized carbons (Fsp3) is 0.0500. The molecule has 0 saturated carbocycles. The molecule has 0 spiro atoms. The van der Waals surface area contributed by atoms with Crippen LogP contribution in [0.4, 0.5) is 5.69 Å². The number of hydrogen-bond donors (Lipinski definition) is 2. The lowest BCUT2D eigenvalue weighted by atomic mass is 10.0. The number of nitro groups is 1. The third kappa shape index (κ3) is 4.32. The molecular formula is C20H16BrN3O3. The van der Waals surface area contributed by atoms with E-state index < -0.39 is 10.7 Å². The van der Waals surface area contributed by atoms with E-state index in [1.807, 2.05) is 24.3 Å². The summed E-state index contributed by atoms with van der Waals surface area (Å²) < 4.78 is 1.04. The van der Waals surface area contributed by atoms with E-state index >= 15 is 0 Å². The molecule has 0 aliphatic rings. The molecule has 6 nitrogen and oxygen atoms in total. The summed E-state index contributed by atoms with van der Waals surface area (Å²) in [5, 5.41) is 26.7. The van der Waals surface area contributed by atoms with Crippen molar-refractivity contribution in [3.8, 4) is 5.75 Å². The Kier molecular flexibility index (Phi) is 5.52. The number of nitrogens with zero attached hydrogens (tertiary/aromatic N) is 2. The first kappa shape index (κ1) is 18.6. The number of phenols is 1. The second-order valence-electron chi connectivity index (χ2n) is 5.91. The van der Waals surface area contributed by atoms with E-state index in [1.54, 1.807) is 0 Å². The van der Waals surface area contributed by atoms with Gasteiger partial charge in [-0.05, 0) is 40.1 Å². The van der Waals surface area contributed by atoms with Crippen LogP contribution in [0.1, 0.15) is 11.1 Å².